The van der Waals surface area contributed by atoms with Gasteiger partial charge in [0.1, 0.15) is 0 Å². The maximum absolute atomic E-state index is 11.0. The normalized spacial score (nSPS) is 12.4. The lowest BCUT2D eigenvalue weighted by molar-refractivity contribution is 0.112. The fraction of sp³-hybridized carbons (Fsp3) is 0.462. The molecular weight excluding hydrogens is 227 g/mol. The smallest absolute Gasteiger partial charge is 0.222 e. The van der Waals surface area contributed by atoms with Gasteiger partial charge in [-0.3, -0.25) is 9.69 Å². The molecule has 5 heteroatoms. The van der Waals surface area contributed by atoms with Crippen molar-refractivity contribution < 1.29 is 9.53 Å². The van der Waals surface area contributed by atoms with Crippen molar-refractivity contribution in [2.75, 3.05) is 32.5 Å². The Bertz CT molecular complexity index is 399. The van der Waals surface area contributed by atoms with E-state index in [2.05, 4.69) is 17.1 Å². The topological polar surface area (TPSA) is 41.6 Å². The molecule has 0 bridgehead atoms. The van der Waals surface area contributed by atoms with Crippen LogP contribution in [0.25, 0.3) is 0 Å². The van der Waals surface area contributed by atoms with Gasteiger partial charge in [-0.25, -0.2) is 0 Å². The molecule has 0 aliphatic heterocycles. The highest BCUT2D eigenvalue weighted by Crippen LogP contribution is 2.23. The molecule has 0 saturated carbocycles. The molecule has 4 nitrogen and oxygen atoms in total. The summed E-state index contributed by atoms with van der Waals surface area (Å²) in [4.78, 5) is 13.1. The molecule has 0 saturated heterocycles. The van der Waals surface area contributed by atoms with Crippen molar-refractivity contribution in [3.05, 3.63) is 29.3 Å². The van der Waals surface area contributed by atoms with E-state index < -0.39 is 0 Å². The number of ether oxygens (including phenoxy) is 1. The highest BCUT2D eigenvalue weighted by atomic mass is 16.5. The van der Waals surface area contributed by atoms with Crippen molar-refractivity contribution in [3.8, 4) is 0 Å². The third-order valence-electron chi connectivity index (χ3n) is 3.15. The van der Waals surface area contributed by atoms with E-state index in [4.69, 9.17) is 12.7 Å². The predicted octanol–water partition coefficient (Wildman–Crippen LogP) is 1.63. The van der Waals surface area contributed by atoms with Crippen molar-refractivity contribution >= 4 is 20.0 Å². The zero-order valence-electron chi connectivity index (χ0n) is 11.1. The minimum atomic E-state index is 0.214. The Kier molecular flexibility index (Phi) is 5.88. The third kappa shape index (κ3) is 3.58. The summed E-state index contributed by atoms with van der Waals surface area (Å²) in [5.74, 6) is 0. The van der Waals surface area contributed by atoms with E-state index in [0.29, 0.717) is 17.9 Å². The average molecular weight is 246 g/mol. The van der Waals surface area contributed by atoms with Crippen LogP contribution in [0.1, 0.15) is 28.9 Å². The predicted molar refractivity (Wildman–Crippen MR) is 74.1 cm³/mol. The Labute approximate surface area is 110 Å². The Morgan fingerprint density at radius 3 is 2.83 bits per heavy atom. The van der Waals surface area contributed by atoms with Crippen LogP contribution in [0.15, 0.2) is 18.2 Å². The Balaban J connectivity index is 2.85. The van der Waals surface area contributed by atoms with Crippen LogP contribution in [0.2, 0.25) is 0 Å². The van der Waals surface area contributed by atoms with E-state index in [1.807, 2.05) is 25.2 Å². The minimum Gasteiger partial charge on any atom is -0.437 e. The Hall–Kier alpha value is -1.33. The second-order valence-electron chi connectivity index (χ2n) is 4.26. The Morgan fingerprint density at radius 1 is 1.56 bits per heavy atom. The van der Waals surface area contributed by atoms with E-state index in [9.17, 15) is 4.79 Å². The monoisotopic (exact) mass is 246 g/mol. The molecule has 18 heavy (non-hydrogen) atoms. The molecule has 0 aliphatic rings. The van der Waals surface area contributed by atoms with Crippen molar-refractivity contribution in [1.82, 2.24) is 4.90 Å². The molecule has 0 aromatic heterocycles. The van der Waals surface area contributed by atoms with Crippen LogP contribution >= 0.6 is 0 Å². The zero-order chi connectivity index (χ0) is 13.5. The first-order chi connectivity index (χ1) is 8.63. The molecule has 1 rings (SSSR count). The molecule has 1 N–H and O–H groups in total. The SMILES string of the molecule is [B]Nc1ccc(C(C)N(C)CCOC)cc1C=O. The van der Waals surface area contributed by atoms with Gasteiger partial charge in [0.2, 0.25) is 7.98 Å². The van der Waals surface area contributed by atoms with Crippen molar-refractivity contribution in [2.24, 2.45) is 0 Å². The maximum atomic E-state index is 11.0. The molecule has 1 unspecified atom stereocenters. The molecule has 0 fully saturated rings. The molecule has 0 heterocycles. The average Bonchev–Trinajstić information content (AvgIpc) is 2.42. The number of nitrogens with one attached hydrogen (secondary N) is 1. The number of benzene rings is 1. The van der Waals surface area contributed by atoms with Gasteiger partial charge in [0.15, 0.2) is 6.29 Å². The molecule has 0 amide bonds. The quantitative estimate of drug-likeness (QED) is 0.586. The minimum absolute atomic E-state index is 0.214. The summed E-state index contributed by atoms with van der Waals surface area (Å²) in [7, 11) is 9.05. The van der Waals surface area contributed by atoms with Gasteiger partial charge in [-0.15, -0.1) is 0 Å². The van der Waals surface area contributed by atoms with Gasteiger partial charge in [0, 0.05) is 30.9 Å². The first-order valence-corrected chi connectivity index (χ1v) is 5.89. The first kappa shape index (κ1) is 14.7. The molecule has 1 atom stereocenters. The number of methoxy groups -OCH3 is 1. The largest absolute Gasteiger partial charge is 0.437 e. The standard InChI is InChI=1S/C13H19BN2O2/c1-10(16(2)6-7-18-3)11-4-5-13(15-14)12(8-11)9-17/h4-5,8-10,15H,6-7H2,1-3H3. The highest BCUT2D eigenvalue weighted by molar-refractivity contribution is 6.17. The maximum Gasteiger partial charge on any atom is 0.222 e. The van der Waals surface area contributed by atoms with Gasteiger partial charge in [-0.05, 0) is 31.7 Å². The van der Waals surface area contributed by atoms with Crippen LogP contribution in [0.3, 0.4) is 0 Å². The summed E-state index contributed by atoms with van der Waals surface area (Å²) < 4.78 is 5.06. The number of anilines is 1. The summed E-state index contributed by atoms with van der Waals surface area (Å²) in [5.41, 5.74) is 2.29. The van der Waals surface area contributed by atoms with E-state index >= 15 is 0 Å². The van der Waals surface area contributed by atoms with Gasteiger partial charge < -0.3 is 9.96 Å². The van der Waals surface area contributed by atoms with Crippen LogP contribution in [0, 0.1) is 0 Å². The fourth-order valence-corrected chi connectivity index (χ4v) is 1.75. The van der Waals surface area contributed by atoms with Crippen LogP contribution in [0.4, 0.5) is 5.69 Å². The second kappa shape index (κ2) is 7.19. The molecule has 1 aromatic carbocycles. The van der Waals surface area contributed by atoms with Crippen molar-refractivity contribution in [2.45, 2.75) is 13.0 Å². The number of rotatable bonds is 7. The lowest BCUT2D eigenvalue weighted by Gasteiger charge is -2.25. The van der Waals surface area contributed by atoms with Gasteiger partial charge in [0.05, 0.1) is 6.61 Å². The summed E-state index contributed by atoms with van der Waals surface area (Å²) in [6, 6.07) is 5.86. The van der Waals surface area contributed by atoms with Gasteiger partial charge in [-0.2, -0.15) is 0 Å². The lowest BCUT2D eigenvalue weighted by Crippen LogP contribution is -2.26. The molecule has 2 radical (unpaired) electrons. The van der Waals surface area contributed by atoms with Crippen molar-refractivity contribution in [1.29, 1.82) is 0 Å². The second-order valence-corrected chi connectivity index (χ2v) is 4.26. The number of aldehydes is 1. The summed E-state index contributed by atoms with van der Waals surface area (Å²) >= 11 is 0. The molecule has 1 aromatic rings. The van der Waals surface area contributed by atoms with Gasteiger partial charge in [0.25, 0.3) is 0 Å². The fourth-order valence-electron chi connectivity index (χ4n) is 1.75. The van der Waals surface area contributed by atoms with Crippen LogP contribution < -0.4 is 5.23 Å². The number of carbonyl (C=O) groups is 1. The summed E-state index contributed by atoms with van der Waals surface area (Å²) in [6.45, 7) is 3.62. The number of likely N-dealkylation sites (N-methyl/N-ethyl adjacent to an activating group) is 1. The van der Waals surface area contributed by atoms with Crippen LogP contribution in [-0.4, -0.2) is 46.5 Å². The molecular formula is C13H19BN2O2. The molecule has 0 aliphatic carbocycles. The van der Waals surface area contributed by atoms with Crippen LogP contribution in [-0.2, 0) is 4.74 Å². The third-order valence-corrected chi connectivity index (χ3v) is 3.15. The molecule has 96 valence electrons. The highest BCUT2D eigenvalue weighted by Gasteiger charge is 2.12. The summed E-state index contributed by atoms with van der Waals surface area (Å²) in [6.07, 6.45) is 0.806. The first-order valence-electron chi connectivity index (χ1n) is 5.89. The zero-order valence-corrected chi connectivity index (χ0v) is 11.1. The lowest BCUT2D eigenvalue weighted by atomic mass is 10.0. The number of hydrogen-bond donors (Lipinski definition) is 1. The molecule has 0 spiro atoms. The van der Waals surface area contributed by atoms with Crippen molar-refractivity contribution in [3.63, 3.8) is 0 Å². The number of hydrogen-bond acceptors (Lipinski definition) is 4. The summed E-state index contributed by atoms with van der Waals surface area (Å²) in [5, 5.41) is 2.51. The van der Waals surface area contributed by atoms with E-state index in [1.165, 1.54) is 0 Å². The van der Waals surface area contributed by atoms with E-state index in [0.717, 1.165) is 18.4 Å². The van der Waals surface area contributed by atoms with E-state index in [-0.39, 0.29) is 6.04 Å². The number of carbonyl (C=O) groups excluding carboxylic acids is 1. The Morgan fingerprint density at radius 2 is 2.28 bits per heavy atom. The van der Waals surface area contributed by atoms with Gasteiger partial charge >= 0.3 is 0 Å². The van der Waals surface area contributed by atoms with Gasteiger partial charge in [-0.1, -0.05) is 6.07 Å². The number of nitrogens with zero attached hydrogens (tertiary/aromatic N) is 1. The van der Waals surface area contributed by atoms with E-state index in [1.54, 1.807) is 7.11 Å². The van der Waals surface area contributed by atoms with Crippen LogP contribution in [0.5, 0.6) is 0 Å².